The maximum absolute atomic E-state index is 13.6. The van der Waals surface area contributed by atoms with Crippen LogP contribution in [0.15, 0.2) is 70.3 Å². The smallest absolute Gasteiger partial charge is 0.263 e. The number of aryl methyl sites for hydroxylation is 1. The van der Waals surface area contributed by atoms with Gasteiger partial charge in [-0.25, -0.2) is 4.89 Å². The van der Waals surface area contributed by atoms with E-state index in [-0.39, 0.29) is 22.7 Å². The predicted octanol–water partition coefficient (Wildman–Crippen LogP) is 6.53. The molecule has 3 aliphatic rings. The molecule has 210 valence electrons. The number of rotatable bonds is 12. The van der Waals surface area contributed by atoms with Crippen molar-refractivity contribution in [3.8, 4) is 0 Å². The van der Waals surface area contributed by atoms with Gasteiger partial charge in [-0.05, 0) is 31.0 Å². The Kier molecular flexibility index (Phi) is 8.04. The summed E-state index contributed by atoms with van der Waals surface area (Å²) in [5.74, 6) is -0.453. The number of thioether (sulfide) groups is 1. The molecule has 6 nitrogen and oxygen atoms in total. The van der Waals surface area contributed by atoms with Crippen molar-refractivity contribution >= 4 is 50.9 Å². The van der Waals surface area contributed by atoms with Crippen molar-refractivity contribution in [1.29, 1.82) is 0 Å². The van der Waals surface area contributed by atoms with E-state index in [0.717, 1.165) is 71.0 Å². The maximum atomic E-state index is 13.6. The molecule has 6 rings (SSSR count). The summed E-state index contributed by atoms with van der Waals surface area (Å²) >= 11 is 3.17. The molecule has 40 heavy (non-hydrogen) atoms. The Hall–Kier alpha value is -2.65. The van der Waals surface area contributed by atoms with E-state index in [1.807, 2.05) is 24.3 Å². The topological polar surface area (TPSA) is 65.7 Å². The molecule has 2 aliphatic heterocycles. The van der Waals surface area contributed by atoms with E-state index < -0.39 is 11.2 Å². The van der Waals surface area contributed by atoms with Crippen LogP contribution in [-0.2, 0) is 21.1 Å². The maximum Gasteiger partial charge on any atom is 0.263 e. The Morgan fingerprint density at radius 3 is 2.50 bits per heavy atom. The molecule has 0 amide bonds. The van der Waals surface area contributed by atoms with Gasteiger partial charge in [-0.2, -0.15) is 9.45 Å². The zero-order valence-corrected chi connectivity index (χ0v) is 24.8. The molecule has 0 N–H and O–H groups in total. The van der Waals surface area contributed by atoms with Gasteiger partial charge in [0.15, 0.2) is 18.4 Å². The highest BCUT2D eigenvalue weighted by Gasteiger charge is 2.64. The summed E-state index contributed by atoms with van der Waals surface area (Å²) in [5, 5.41) is 13.6. The lowest BCUT2D eigenvalue weighted by molar-refractivity contribution is -0.669. The van der Waals surface area contributed by atoms with E-state index in [4.69, 9.17) is 9.78 Å². The fourth-order valence-corrected chi connectivity index (χ4v) is 8.31. The summed E-state index contributed by atoms with van der Waals surface area (Å²) in [4.78, 5) is 28.2. The molecule has 2 aromatic carbocycles. The third kappa shape index (κ3) is 4.69. The highest BCUT2D eigenvalue weighted by Crippen LogP contribution is 2.59. The fraction of sp³-hybridized carbons (Fsp3) is 0.438. The van der Waals surface area contributed by atoms with Crippen LogP contribution in [0.2, 0.25) is 0 Å². The molecular weight excluding hydrogens is 540 g/mol. The first kappa shape index (κ1) is 27.5. The number of nitrogens with zero attached hydrogens (tertiary/aromatic N) is 2. The molecule has 2 atom stereocenters. The molecule has 1 fully saturated rings. The van der Waals surface area contributed by atoms with Crippen molar-refractivity contribution in [2.24, 2.45) is 0 Å². The van der Waals surface area contributed by atoms with Gasteiger partial charge < -0.3 is 10.0 Å². The molecule has 0 bridgehead atoms. The summed E-state index contributed by atoms with van der Waals surface area (Å²) in [6.45, 7) is 6.05. The van der Waals surface area contributed by atoms with Gasteiger partial charge in [0.25, 0.3) is 10.1 Å². The van der Waals surface area contributed by atoms with Crippen LogP contribution in [0.5, 0.6) is 0 Å². The van der Waals surface area contributed by atoms with Gasteiger partial charge in [0, 0.05) is 41.1 Å². The first-order valence-electron chi connectivity index (χ1n) is 14.6. The van der Waals surface area contributed by atoms with Gasteiger partial charge in [-0.15, -0.1) is 0 Å². The number of para-hydroxylation sites is 2. The lowest BCUT2D eigenvalue weighted by atomic mass is 9.83. The summed E-state index contributed by atoms with van der Waals surface area (Å²) in [6, 6.07) is 16.4. The van der Waals surface area contributed by atoms with Gasteiger partial charge in [0.2, 0.25) is 5.52 Å². The normalized spacial score (nSPS) is 22.9. The number of fused-ring (bicyclic) bond motifs is 2. The minimum Gasteiger partial charge on any atom is -0.872 e. The predicted molar refractivity (Wildman–Crippen MR) is 159 cm³/mol. The molecule has 0 radical (unpaired) electrons. The van der Waals surface area contributed by atoms with E-state index in [1.54, 1.807) is 29.2 Å². The zero-order valence-electron chi connectivity index (χ0n) is 23.2. The molecule has 8 heteroatoms. The van der Waals surface area contributed by atoms with Gasteiger partial charge >= 0.3 is 0 Å². The van der Waals surface area contributed by atoms with E-state index in [1.165, 1.54) is 19.3 Å². The summed E-state index contributed by atoms with van der Waals surface area (Å²) < 4.78 is 3.41. The van der Waals surface area contributed by atoms with E-state index in [0.29, 0.717) is 0 Å². The van der Waals surface area contributed by atoms with E-state index in [9.17, 15) is 9.90 Å². The monoisotopic (exact) mass is 576 g/mol. The Morgan fingerprint density at radius 1 is 1.00 bits per heavy atom. The van der Waals surface area contributed by atoms with Crippen LogP contribution >= 0.6 is 23.1 Å². The number of carbonyl (C=O) groups is 1. The number of benzene rings is 2. The van der Waals surface area contributed by atoms with Crippen molar-refractivity contribution in [1.82, 2.24) is 0 Å². The van der Waals surface area contributed by atoms with Crippen LogP contribution in [0.1, 0.15) is 70.2 Å². The first-order chi connectivity index (χ1) is 19.6. The van der Waals surface area contributed by atoms with Gasteiger partial charge in [-0.1, -0.05) is 99.1 Å². The molecule has 1 saturated heterocycles. The highest BCUT2D eigenvalue weighted by atomic mass is 32.2. The lowest BCUT2D eigenvalue weighted by Gasteiger charge is -2.52. The first-order valence-corrected chi connectivity index (χ1v) is 16.2. The number of allylic oxidation sites excluding steroid dienone is 1. The number of Topliss-reactive ketones (excluding diaryl/α,β-unsaturated/α-hetero) is 1. The van der Waals surface area contributed by atoms with Gasteiger partial charge in [-0.3, -0.25) is 4.79 Å². The number of hydrogen-bond donors (Lipinski definition) is 0. The summed E-state index contributed by atoms with van der Waals surface area (Å²) in [6.07, 6.45) is 10.2. The number of carbonyl (C=O) groups excluding carboxylic acids is 1. The molecule has 3 aromatic rings. The zero-order chi connectivity index (χ0) is 27.7. The summed E-state index contributed by atoms with van der Waals surface area (Å²) in [7, 11) is 0. The van der Waals surface area contributed by atoms with E-state index >= 15 is 0 Å². The quantitative estimate of drug-likeness (QED) is 0.106. The Labute approximate surface area is 244 Å². The second-order valence-electron chi connectivity index (χ2n) is 10.7. The summed E-state index contributed by atoms with van der Waals surface area (Å²) in [5.41, 5.74) is 2.66. The van der Waals surface area contributed by atoms with Crippen molar-refractivity contribution in [3.05, 3.63) is 70.4 Å². The van der Waals surface area contributed by atoms with Crippen molar-refractivity contribution in [2.75, 3.05) is 11.4 Å². The number of anilines is 1. The molecule has 1 spiro atoms. The van der Waals surface area contributed by atoms with Crippen molar-refractivity contribution in [3.63, 3.8) is 0 Å². The second-order valence-corrected chi connectivity index (χ2v) is 13.0. The SMILES string of the molecule is CCCCCCN1c2ccccc2SC12OOC2C1=C([O-])/C(=C/c2sc3ccccc3[n+]2CCCCCC)C1=O. The fourth-order valence-electron chi connectivity index (χ4n) is 5.80. The number of unbranched alkanes of at least 4 members (excludes halogenated alkanes) is 6. The van der Waals surface area contributed by atoms with Crippen LogP contribution in [-0.4, -0.2) is 23.5 Å². The van der Waals surface area contributed by atoms with Crippen LogP contribution in [0.3, 0.4) is 0 Å². The molecule has 1 aromatic heterocycles. The van der Waals surface area contributed by atoms with Crippen LogP contribution in [0.4, 0.5) is 5.69 Å². The minimum absolute atomic E-state index is 0.201. The number of ketones is 1. The third-order valence-electron chi connectivity index (χ3n) is 8.00. The second kappa shape index (κ2) is 11.7. The van der Waals surface area contributed by atoms with Crippen LogP contribution in [0, 0.1) is 0 Å². The highest BCUT2D eigenvalue weighted by molar-refractivity contribution is 8.01. The molecule has 3 heterocycles. The molecule has 1 aliphatic carbocycles. The lowest BCUT2D eigenvalue weighted by Crippen LogP contribution is -2.66. The van der Waals surface area contributed by atoms with Gasteiger partial charge in [0.1, 0.15) is 4.70 Å². The molecular formula is C32H36N2O4S2. The number of aromatic nitrogens is 1. The van der Waals surface area contributed by atoms with Crippen LogP contribution < -0.4 is 14.6 Å². The largest absolute Gasteiger partial charge is 0.872 e. The van der Waals surface area contributed by atoms with Gasteiger partial charge in [0.05, 0.1) is 5.69 Å². The Morgan fingerprint density at radius 2 is 1.75 bits per heavy atom. The Bertz CT molecular complexity index is 1480. The average molecular weight is 577 g/mol. The minimum atomic E-state index is -0.918. The average Bonchev–Trinajstić information content (AvgIpc) is 3.51. The van der Waals surface area contributed by atoms with Crippen molar-refractivity contribution < 1.29 is 24.2 Å². The standard InChI is InChI=1S/C32H36N2O4S2/c1-3-5-7-13-19-33-23-15-9-11-17-25(23)39-27(33)21-22-29(35)28(30(22)36)31-32(38-37-31)34(20-14-8-6-4-2)24-16-10-12-18-26(24)40-32/h9-12,15-18,21,31H,3-8,13-14,19-20H2,1-2H3. The molecule has 0 saturated carbocycles. The molecule has 2 unspecified atom stereocenters. The third-order valence-corrected chi connectivity index (χ3v) is 10.5. The van der Waals surface area contributed by atoms with Crippen molar-refractivity contribution in [2.45, 2.75) is 87.8 Å². The van der Waals surface area contributed by atoms with Crippen LogP contribution in [0.25, 0.3) is 16.3 Å². The number of thiazole rings is 1. The number of hydrogen-bond acceptors (Lipinski definition) is 7. The van der Waals surface area contributed by atoms with E-state index in [2.05, 4.69) is 47.6 Å². The Balaban J connectivity index is 1.29.